The van der Waals surface area contributed by atoms with Gasteiger partial charge in [-0.3, -0.25) is 23.0 Å². The quantitative estimate of drug-likeness (QED) is 0.272. The van der Waals surface area contributed by atoms with Gasteiger partial charge in [0.25, 0.3) is 15.6 Å². The zero-order valence-corrected chi connectivity index (χ0v) is 20.9. The summed E-state index contributed by atoms with van der Waals surface area (Å²) in [4.78, 5) is 48.8. The topological polar surface area (TPSA) is 151 Å². The van der Waals surface area contributed by atoms with E-state index >= 15 is 0 Å². The number of sulfonamides is 1. The molecule has 2 aromatic carbocycles. The molecular weight excluding hydrogens is 500 g/mol. The number of ketones is 1. The van der Waals surface area contributed by atoms with Crippen LogP contribution in [0.2, 0.25) is 0 Å². The molecule has 0 bridgehead atoms. The monoisotopic (exact) mass is 524 g/mol. The fraction of sp³-hybridized carbons (Fsp3) is 0.200. The standard InChI is InChI=1S/C25H24N4O7S/c1-27-23(26)22(24(32)28(2)25(27)33)20(30)15-36-21(31)12-9-16-7-10-18(11-8-16)37(34,35)29-14-13-17-5-3-4-6-19(17)29/h3-12H,13-15,26H2,1-2H3/b12-9+. The summed E-state index contributed by atoms with van der Waals surface area (Å²) in [5.41, 5.74) is 5.88. The number of aromatic nitrogens is 2. The highest BCUT2D eigenvalue weighted by atomic mass is 32.2. The van der Waals surface area contributed by atoms with E-state index in [-0.39, 0.29) is 10.7 Å². The van der Waals surface area contributed by atoms with E-state index in [4.69, 9.17) is 10.5 Å². The lowest BCUT2D eigenvalue weighted by Crippen LogP contribution is -2.42. The summed E-state index contributed by atoms with van der Waals surface area (Å²) in [6.07, 6.45) is 3.11. The highest BCUT2D eigenvalue weighted by molar-refractivity contribution is 7.92. The molecule has 2 N–H and O–H groups in total. The molecule has 0 amide bonds. The van der Waals surface area contributed by atoms with Gasteiger partial charge in [0.05, 0.1) is 10.6 Å². The van der Waals surface area contributed by atoms with E-state index < -0.39 is 45.2 Å². The van der Waals surface area contributed by atoms with E-state index in [1.165, 1.54) is 36.6 Å². The third kappa shape index (κ3) is 4.83. The number of Topliss-reactive ketones (excluding diaryl/α,β-unsaturated/α-hetero) is 1. The molecule has 0 saturated heterocycles. The third-order valence-corrected chi connectivity index (χ3v) is 7.89. The van der Waals surface area contributed by atoms with Crippen LogP contribution in [-0.4, -0.2) is 42.5 Å². The van der Waals surface area contributed by atoms with Crippen LogP contribution < -0.4 is 21.3 Å². The molecule has 0 spiro atoms. The van der Waals surface area contributed by atoms with Crippen molar-refractivity contribution < 1.29 is 22.7 Å². The van der Waals surface area contributed by atoms with Crippen molar-refractivity contribution in [3.8, 4) is 0 Å². The molecule has 0 fully saturated rings. The number of para-hydroxylation sites is 1. The van der Waals surface area contributed by atoms with E-state index in [1.807, 2.05) is 12.1 Å². The van der Waals surface area contributed by atoms with E-state index in [0.29, 0.717) is 24.2 Å². The Hall–Kier alpha value is -4.45. The molecule has 1 aromatic heterocycles. The number of nitrogens with zero attached hydrogens (tertiary/aromatic N) is 3. The summed E-state index contributed by atoms with van der Waals surface area (Å²) in [5, 5.41) is 0. The Morgan fingerprint density at radius 3 is 2.41 bits per heavy atom. The van der Waals surface area contributed by atoms with Gasteiger partial charge in [-0.05, 0) is 41.8 Å². The molecular formula is C25H24N4O7S. The first-order valence-electron chi connectivity index (χ1n) is 11.2. The average Bonchev–Trinajstić information content (AvgIpc) is 3.34. The molecule has 4 rings (SSSR count). The lowest BCUT2D eigenvalue weighted by molar-refractivity contribution is -0.136. The lowest BCUT2D eigenvalue weighted by Gasteiger charge is -2.19. The summed E-state index contributed by atoms with van der Waals surface area (Å²) in [5.74, 6) is -2.04. The number of esters is 1. The highest BCUT2D eigenvalue weighted by Crippen LogP contribution is 2.32. The van der Waals surface area contributed by atoms with Crippen LogP contribution in [0.3, 0.4) is 0 Å². The van der Waals surface area contributed by atoms with E-state index in [0.717, 1.165) is 20.8 Å². The van der Waals surface area contributed by atoms with Crippen molar-refractivity contribution in [1.82, 2.24) is 9.13 Å². The van der Waals surface area contributed by atoms with Gasteiger partial charge in [0, 0.05) is 26.7 Å². The molecule has 37 heavy (non-hydrogen) atoms. The minimum atomic E-state index is -3.74. The number of benzene rings is 2. The Balaban J connectivity index is 1.41. The van der Waals surface area contributed by atoms with Crippen LogP contribution in [0.25, 0.3) is 6.08 Å². The van der Waals surface area contributed by atoms with Gasteiger partial charge < -0.3 is 10.5 Å². The number of carbonyl (C=O) groups excluding carboxylic acids is 2. The minimum Gasteiger partial charge on any atom is -0.454 e. The average molecular weight is 525 g/mol. The van der Waals surface area contributed by atoms with E-state index in [9.17, 15) is 27.6 Å². The Morgan fingerprint density at radius 1 is 1.03 bits per heavy atom. The molecule has 3 aromatic rings. The lowest BCUT2D eigenvalue weighted by atomic mass is 10.2. The number of ether oxygens (including phenoxy) is 1. The van der Waals surface area contributed by atoms with Gasteiger partial charge in [-0.1, -0.05) is 30.3 Å². The maximum atomic E-state index is 13.1. The van der Waals surface area contributed by atoms with Crippen LogP contribution in [0.4, 0.5) is 11.5 Å². The van der Waals surface area contributed by atoms with Crippen molar-refractivity contribution in [1.29, 1.82) is 0 Å². The molecule has 2 heterocycles. The van der Waals surface area contributed by atoms with Crippen LogP contribution in [-0.2, 0) is 40.1 Å². The molecule has 192 valence electrons. The van der Waals surface area contributed by atoms with Crippen LogP contribution in [0.1, 0.15) is 21.5 Å². The van der Waals surface area contributed by atoms with Gasteiger partial charge in [-0.2, -0.15) is 0 Å². The normalized spacial score (nSPS) is 13.1. The van der Waals surface area contributed by atoms with Gasteiger partial charge in [0.2, 0.25) is 5.78 Å². The van der Waals surface area contributed by atoms with Crippen LogP contribution >= 0.6 is 0 Å². The van der Waals surface area contributed by atoms with Crippen LogP contribution in [0.15, 0.2) is 69.1 Å². The number of hydrogen-bond acceptors (Lipinski definition) is 8. The molecule has 1 aliphatic rings. The summed E-state index contributed by atoms with van der Waals surface area (Å²) < 4.78 is 34.2. The highest BCUT2D eigenvalue weighted by Gasteiger charge is 2.30. The molecule has 0 radical (unpaired) electrons. The van der Waals surface area contributed by atoms with Crippen molar-refractivity contribution >= 4 is 39.4 Å². The Bertz CT molecular complexity index is 1650. The number of anilines is 2. The summed E-state index contributed by atoms with van der Waals surface area (Å²) >= 11 is 0. The summed E-state index contributed by atoms with van der Waals surface area (Å²) in [7, 11) is -1.23. The molecule has 11 nitrogen and oxygen atoms in total. The number of rotatable bonds is 7. The molecule has 0 aliphatic carbocycles. The maximum absolute atomic E-state index is 13.1. The molecule has 1 aliphatic heterocycles. The smallest absolute Gasteiger partial charge is 0.332 e. The van der Waals surface area contributed by atoms with E-state index in [1.54, 1.807) is 24.3 Å². The molecule has 0 unspecified atom stereocenters. The molecule has 0 saturated carbocycles. The number of nitrogen functional groups attached to an aromatic ring is 1. The summed E-state index contributed by atoms with van der Waals surface area (Å²) in [6, 6.07) is 13.3. The number of carbonyl (C=O) groups is 2. The predicted octanol–water partition coefficient (Wildman–Crippen LogP) is 0.857. The van der Waals surface area contributed by atoms with Gasteiger partial charge in [0.1, 0.15) is 11.4 Å². The fourth-order valence-electron chi connectivity index (χ4n) is 3.98. The van der Waals surface area contributed by atoms with Gasteiger partial charge in [-0.25, -0.2) is 18.0 Å². The van der Waals surface area contributed by atoms with Crippen molar-refractivity contribution in [3.63, 3.8) is 0 Å². The summed E-state index contributed by atoms with van der Waals surface area (Å²) in [6.45, 7) is -0.389. The van der Waals surface area contributed by atoms with Crippen molar-refractivity contribution in [2.24, 2.45) is 14.1 Å². The second-order valence-electron chi connectivity index (χ2n) is 8.36. The third-order valence-electron chi connectivity index (χ3n) is 6.06. The maximum Gasteiger partial charge on any atom is 0.332 e. The first-order chi connectivity index (χ1) is 17.5. The minimum absolute atomic E-state index is 0.117. The van der Waals surface area contributed by atoms with Gasteiger partial charge in [-0.15, -0.1) is 0 Å². The Morgan fingerprint density at radius 2 is 1.70 bits per heavy atom. The van der Waals surface area contributed by atoms with Crippen LogP contribution in [0.5, 0.6) is 0 Å². The molecule has 12 heteroatoms. The zero-order chi connectivity index (χ0) is 26.9. The number of fused-ring (bicyclic) bond motifs is 1. The van der Waals surface area contributed by atoms with Crippen molar-refractivity contribution in [3.05, 3.63) is 92.1 Å². The van der Waals surface area contributed by atoms with Crippen molar-refractivity contribution in [2.75, 3.05) is 23.2 Å². The SMILES string of the molecule is Cn1c(N)c(C(=O)COC(=O)/C=C/c2ccc(S(=O)(=O)N3CCc4ccccc43)cc2)c(=O)n(C)c1=O. The number of nitrogens with two attached hydrogens (primary N) is 1. The van der Waals surface area contributed by atoms with Gasteiger partial charge in [0.15, 0.2) is 6.61 Å². The Labute approximate surface area is 212 Å². The Kier molecular flexibility index (Phi) is 6.86. The first-order valence-corrected chi connectivity index (χ1v) is 12.6. The second kappa shape index (κ2) is 9.90. The predicted molar refractivity (Wildman–Crippen MR) is 137 cm³/mol. The second-order valence-corrected chi connectivity index (χ2v) is 10.2. The number of hydrogen-bond donors (Lipinski definition) is 1. The van der Waals surface area contributed by atoms with Crippen LogP contribution in [0, 0.1) is 0 Å². The largest absolute Gasteiger partial charge is 0.454 e. The van der Waals surface area contributed by atoms with Gasteiger partial charge >= 0.3 is 11.7 Å². The van der Waals surface area contributed by atoms with Crippen molar-refractivity contribution in [2.45, 2.75) is 11.3 Å². The zero-order valence-electron chi connectivity index (χ0n) is 20.1. The first kappa shape index (κ1) is 25.6. The van der Waals surface area contributed by atoms with E-state index in [2.05, 4.69) is 0 Å². The molecule has 0 atom stereocenters. The fourth-order valence-corrected chi connectivity index (χ4v) is 5.48.